The van der Waals surface area contributed by atoms with E-state index >= 15 is 0 Å². The summed E-state index contributed by atoms with van der Waals surface area (Å²) >= 11 is 5.94. The standard InChI is InChI=1S/C23H23ClN2O5S.ClH/c24-17-3-1-2-16(12-17)22(28)14-26-11-10-15-4-6-18(7-5-15)32(30,31)19-8-9-21(27)20(13-19)23(25)29;/h1-9,12-13,22,26-28H,10-11,14H2,(H2,25,29);1H/t22-;/m0./s1. The minimum atomic E-state index is -3.88. The van der Waals surface area contributed by atoms with Gasteiger partial charge in [0.1, 0.15) is 5.75 Å². The SMILES string of the molecule is Cl.NC(=O)c1cc(S(=O)(=O)c2ccc(CCNC[C@H](O)c3cccc(Cl)c3)cc2)ccc1O. The maximum atomic E-state index is 12.8. The molecule has 33 heavy (non-hydrogen) atoms. The molecule has 3 aromatic rings. The number of phenols is 1. The Morgan fingerprint density at radius 3 is 2.33 bits per heavy atom. The van der Waals surface area contributed by atoms with Crippen molar-refractivity contribution in [3.8, 4) is 5.75 Å². The first kappa shape index (κ1) is 26.6. The van der Waals surface area contributed by atoms with Crippen LogP contribution in [0.15, 0.2) is 76.5 Å². The predicted molar refractivity (Wildman–Crippen MR) is 129 cm³/mol. The lowest BCUT2D eigenvalue weighted by atomic mass is 10.1. The van der Waals surface area contributed by atoms with E-state index in [4.69, 9.17) is 17.3 Å². The first-order chi connectivity index (χ1) is 15.2. The van der Waals surface area contributed by atoms with E-state index in [0.717, 1.165) is 23.3 Å². The molecule has 0 saturated heterocycles. The topological polar surface area (TPSA) is 130 Å². The summed E-state index contributed by atoms with van der Waals surface area (Å²) in [6.45, 7) is 0.944. The highest BCUT2D eigenvalue weighted by Crippen LogP contribution is 2.26. The van der Waals surface area contributed by atoms with E-state index in [9.17, 15) is 23.4 Å². The van der Waals surface area contributed by atoms with Gasteiger partial charge in [0, 0.05) is 11.6 Å². The summed E-state index contributed by atoms with van der Waals surface area (Å²) < 4.78 is 25.7. The van der Waals surface area contributed by atoms with Gasteiger partial charge in [-0.1, -0.05) is 35.9 Å². The average Bonchev–Trinajstić information content (AvgIpc) is 2.77. The number of sulfone groups is 1. The number of halogens is 2. The van der Waals surface area contributed by atoms with Crippen LogP contribution in [0, 0.1) is 0 Å². The largest absolute Gasteiger partial charge is 0.507 e. The van der Waals surface area contributed by atoms with Crippen LogP contribution in [-0.2, 0) is 16.3 Å². The third kappa shape index (κ3) is 6.69. The van der Waals surface area contributed by atoms with Crippen LogP contribution in [0.5, 0.6) is 5.75 Å². The normalized spacial score (nSPS) is 12.1. The summed E-state index contributed by atoms with van der Waals surface area (Å²) in [5.41, 5.74) is 6.57. The van der Waals surface area contributed by atoms with Gasteiger partial charge in [0.15, 0.2) is 0 Å². The van der Waals surface area contributed by atoms with E-state index in [1.54, 1.807) is 36.4 Å². The maximum Gasteiger partial charge on any atom is 0.252 e. The summed E-state index contributed by atoms with van der Waals surface area (Å²) in [4.78, 5) is 11.3. The summed E-state index contributed by atoms with van der Waals surface area (Å²) in [6, 6.07) is 16.8. The maximum absolute atomic E-state index is 12.8. The Morgan fingerprint density at radius 2 is 1.70 bits per heavy atom. The fourth-order valence-corrected chi connectivity index (χ4v) is 4.64. The Kier molecular flexibility index (Phi) is 9.27. The minimum absolute atomic E-state index is 0. The molecule has 0 spiro atoms. The van der Waals surface area contributed by atoms with Gasteiger partial charge >= 0.3 is 0 Å². The van der Waals surface area contributed by atoms with E-state index < -0.39 is 21.8 Å². The van der Waals surface area contributed by atoms with Gasteiger partial charge in [-0.25, -0.2) is 8.42 Å². The predicted octanol–water partition coefficient (Wildman–Crippen LogP) is 3.26. The van der Waals surface area contributed by atoms with Gasteiger partial charge in [0.25, 0.3) is 5.91 Å². The number of carbonyl (C=O) groups is 1. The molecule has 0 radical (unpaired) electrons. The molecule has 10 heteroatoms. The third-order valence-electron chi connectivity index (χ3n) is 4.94. The molecular formula is C23H24Cl2N2O5S. The Labute approximate surface area is 203 Å². The fraction of sp³-hybridized carbons (Fsp3) is 0.174. The van der Waals surface area contributed by atoms with Crippen molar-refractivity contribution >= 4 is 39.8 Å². The van der Waals surface area contributed by atoms with Crippen LogP contribution in [0.1, 0.15) is 27.6 Å². The van der Waals surface area contributed by atoms with Crippen molar-refractivity contribution in [1.82, 2.24) is 5.32 Å². The number of rotatable bonds is 9. The van der Waals surface area contributed by atoms with Crippen molar-refractivity contribution in [2.24, 2.45) is 5.73 Å². The number of amides is 1. The molecule has 0 aliphatic carbocycles. The van der Waals surface area contributed by atoms with Crippen molar-refractivity contribution in [3.63, 3.8) is 0 Å². The first-order valence-corrected chi connectivity index (χ1v) is 11.7. The Hall–Kier alpha value is -2.62. The Morgan fingerprint density at radius 1 is 1.03 bits per heavy atom. The lowest BCUT2D eigenvalue weighted by molar-refractivity contribution is 0.0997. The van der Waals surface area contributed by atoms with Crippen LogP contribution in [0.4, 0.5) is 0 Å². The average molecular weight is 511 g/mol. The van der Waals surface area contributed by atoms with Gasteiger partial charge in [-0.3, -0.25) is 4.79 Å². The zero-order valence-electron chi connectivity index (χ0n) is 17.4. The van der Waals surface area contributed by atoms with Crippen LogP contribution in [0.25, 0.3) is 0 Å². The number of aromatic hydroxyl groups is 1. The van der Waals surface area contributed by atoms with Crippen molar-refractivity contribution in [2.45, 2.75) is 22.3 Å². The summed E-state index contributed by atoms with van der Waals surface area (Å²) in [5.74, 6) is -1.29. The van der Waals surface area contributed by atoms with Crippen LogP contribution in [0.3, 0.4) is 0 Å². The number of hydrogen-bond acceptors (Lipinski definition) is 6. The highest BCUT2D eigenvalue weighted by Gasteiger charge is 2.20. The molecule has 0 saturated carbocycles. The fourth-order valence-electron chi connectivity index (χ4n) is 3.15. The van der Waals surface area contributed by atoms with E-state index in [2.05, 4.69) is 5.32 Å². The lowest BCUT2D eigenvalue weighted by Gasteiger charge is -2.13. The second kappa shape index (κ2) is 11.5. The second-order valence-corrected chi connectivity index (χ2v) is 9.60. The van der Waals surface area contributed by atoms with Gasteiger partial charge in [-0.15, -0.1) is 12.4 Å². The molecular weight excluding hydrogens is 487 g/mol. The number of nitrogens with one attached hydrogen (secondary N) is 1. The number of hydrogen-bond donors (Lipinski definition) is 4. The molecule has 3 rings (SSSR count). The minimum Gasteiger partial charge on any atom is -0.507 e. The van der Waals surface area contributed by atoms with Gasteiger partial charge in [0.05, 0.1) is 21.5 Å². The molecule has 7 nitrogen and oxygen atoms in total. The molecule has 1 amide bonds. The van der Waals surface area contributed by atoms with E-state index in [1.807, 2.05) is 0 Å². The van der Waals surface area contributed by atoms with E-state index in [-0.39, 0.29) is 33.5 Å². The number of nitrogens with two attached hydrogens (primary N) is 1. The number of carbonyl (C=O) groups excluding carboxylic acids is 1. The molecule has 5 N–H and O–H groups in total. The molecule has 3 aromatic carbocycles. The first-order valence-electron chi connectivity index (χ1n) is 9.79. The molecule has 0 bridgehead atoms. The Bertz CT molecular complexity index is 1220. The highest BCUT2D eigenvalue weighted by molar-refractivity contribution is 7.91. The van der Waals surface area contributed by atoms with Gasteiger partial charge in [-0.05, 0) is 66.6 Å². The van der Waals surface area contributed by atoms with Crippen LogP contribution in [-0.4, -0.2) is 37.6 Å². The second-order valence-electron chi connectivity index (χ2n) is 7.22. The molecule has 0 aromatic heterocycles. The summed E-state index contributed by atoms with van der Waals surface area (Å²) in [7, 11) is -3.88. The van der Waals surface area contributed by atoms with Crippen LogP contribution >= 0.6 is 24.0 Å². The van der Waals surface area contributed by atoms with Crippen molar-refractivity contribution in [1.29, 1.82) is 0 Å². The van der Waals surface area contributed by atoms with E-state index in [1.165, 1.54) is 18.2 Å². The van der Waals surface area contributed by atoms with Crippen LogP contribution in [0.2, 0.25) is 5.02 Å². The van der Waals surface area contributed by atoms with Gasteiger partial charge in [-0.2, -0.15) is 0 Å². The van der Waals surface area contributed by atoms with Crippen LogP contribution < -0.4 is 11.1 Å². The van der Waals surface area contributed by atoms with Crippen molar-refractivity contribution in [2.75, 3.05) is 13.1 Å². The van der Waals surface area contributed by atoms with Gasteiger partial charge in [0.2, 0.25) is 9.84 Å². The number of aliphatic hydroxyl groups is 1. The third-order valence-corrected chi connectivity index (χ3v) is 6.94. The van der Waals surface area contributed by atoms with E-state index in [0.29, 0.717) is 24.5 Å². The molecule has 0 fully saturated rings. The molecule has 0 aliphatic heterocycles. The number of aliphatic hydroxyl groups excluding tert-OH is 1. The lowest BCUT2D eigenvalue weighted by Crippen LogP contribution is -2.23. The molecule has 0 unspecified atom stereocenters. The smallest absolute Gasteiger partial charge is 0.252 e. The van der Waals surface area contributed by atoms with Crippen molar-refractivity contribution < 1.29 is 23.4 Å². The summed E-state index contributed by atoms with van der Waals surface area (Å²) in [5, 5.41) is 23.6. The zero-order chi connectivity index (χ0) is 23.3. The summed E-state index contributed by atoms with van der Waals surface area (Å²) in [6.07, 6.45) is -0.0509. The molecule has 0 heterocycles. The Balaban J connectivity index is 0.00000385. The molecule has 0 aliphatic rings. The quantitative estimate of drug-likeness (QED) is 0.327. The number of primary amides is 1. The monoisotopic (exact) mass is 510 g/mol. The van der Waals surface area contributed by atoms with Crippen molar-refractivity contribution in [3.05, 3.63) is 88.4 Å². The number of benzene rings is 3. The van der Waals surface area contributed by atoms with Gasteiger partial charge < -0.3 is 21.3 Å². The highest BCUT2D eigenvalue weighted by atomic mass is 35.5. The zero-order valence-corrected chi connectivity index (χ0v) is 19.8. The molecule has 1 atom stereocenters. The molecule has 176 valence electrons.